The lowest BCUT2D eigenvalue weighted by Gasteiger charge is -2.22. The summed E-state index contributed by atoms with van der Waals surface area (Å²) in [7, 11) is 0. The molecule has 0 spiro atoms. The SMILES string of the molecule is CC(=O)Oc1ccc(C[C@H](NC(=O)OC(C)(C)C)C(=O)C=NN)cc1. The first kappa shape index (κ1) is 20.1. The molecule has 1 aromatic rings. The molecule has 0 aromatic heterocycles. The molecule has 0 aliphatic rings. The number of hydrogen-bond donors (Lipinski definition) is 2. The first-order chi connectivity index (χ1) is 11.6. The summed E-state index contributed by atoms with van der Waals surface area (Å²) in [6.45, 7) is 6.47. The molecular weight excluding hydrogens is 326 g/mol. The van der Waals surface area contributed by atoms with E-state index in [1.165, 1.54) is 6.92 Å². The number of ether oxygens (including phenoxy) is 2. The summed E-state index contributed by atoms with van der Waals surface area (Å²) >= 11 is 0. The van der Waals surface area contributed by atoms with Crippen LogP contribution in [0.3, 0.4) is 0 Å². The van der Waals surface area contributed by atoms with Crippen LogP contribution in [0.1, 0.15) is 33.3 Å². The van der Waals surface area contributed by atoms with E-state index in [0.717, 1.165) is 11.8 Å². The molecule has 0 heterocycles. The predicted octanol–water partition coefficient (Wildman–Crippen LogP) is 1.56. The average Bonchev–Trinajstić information content (AvgIpc) is 2.46. The van der Waals surface area contributed by atoms with Gasteiger partial charge < -0.3 is 20.6 Å². The van der Waals surface area contributed by atoms with Gasteiger partial charge in [-0.3, -0.25) is 9.59 Å². The molecule has 1 aromatic carbocycles. The summed E-state index contributed by atoms with van der Waals surface area (Å²) in [5.74, 6) is 4.52. The molecule has 3 N–H and O–H groups in total. The number of hydrogen-bond acceptors (Lipinski definition) is 7. The van der Waals surface area contributed by atoms with Crippen LogP contribution in [0.5, 0.6) is 5.75 Å². The topological polar surface area (TPSA) is 120 Å². The van der Waals surface area contributed by atoms with Crippen molar-refractivity contribution < 1.29 is 23.9 Å². The van der Waals surface area contributed by atoms with Crippen LogP contribution in [-0.2, 0) is 20.7 Å². The highest BCUT2D eigenvalue weighted by Crippen LogP contribution is 2.14. The maximum Gasteiger partial charge on any atom is 0.408 e. The Hall–Kier alpha value is -2.90. The van der Waals surface area contributed by atoms with E-state index in [4.69, 9.17) is 15.3 Å². The Bertz CT molecular complexity index is 647. The number of Topliss-reactive ketones (excluding diaryl/α,β-unsaturated/α-hetero) is 1. The Morgan fingerprint density at radius 2 is 1.84 bits per heavy atom. The molecule has 0 fully saturated rings. The number of benzene rings is 1. The number of alkyl carbamates (subject to hydrolysis) is 1. The molecule has 8 nitrogen and oxygen atoms in total. The van der Waals surface area contributed by atoms with Gasteiger partial charge >= 0.3 is 12.1 Å². The minimum Gasteiger partial charge on any atom is -0.444 e. The summed E-state index contributed by atoms with van der Waals surface area (Å²) in [6.07, 6.45) is 0.424. The molecule has 25 heavy (non-hydrogen) atoms. The number of carbonyl (C=O) groups excluding carboxylic acids is 3. The number of nitrogens with one attached hydrogen (secondary N) is 1. The Morgan fingerprint density at radius 1 is 1.24 bits per heavy atom. The summed E-state index contributed by atoms with van der Waals surface area (Å²) in [4.78, 5) is 34.9. The zero-order valence-corrected chi connectivity index (χ0v) is 14.7. The van der Waals surface area contributed by atoms with Crippen molar-refractivity contribution in [2.24, 2.45) is 10.9 Å². The van der Waals surface area contributed by atoms with Gasteiger partial charge in [-0.05, 0) is 38.5 Å². The molecular formula is C17H23N3O5. The second kappa shape index (κ2) is 8.81. The van der Waals surface area contributed by atoms with Crippen LogP contribution < -0.4 is 15.9 Å². The molecule has 0 radical (unpaired) electrons. The summed E-state index contributed by atoms with van der Waals surface area (Å²) in [5, 5.41) is 5.71. The Labute approximate surface area is 146 Å². The van der Waals surface area contributed by atoms with Crippen molar-refractivity contribution in [1.82, 2.24) is 5.32 Å². The first-order valence-corrected chi connectivity index (χ1v) is 7.64. The van der Waals surface area contributed by atoms with E-state index in [9.17, 15) is 14.4 Å². The minimum atomic E-state index is -0.887. The van der Waals surface area contributed by atoms with Crippen molar-refractivity contribution in [3.05, 3.63) is 29.8 Å². The van der Waals surface area contributed by atoms with Gasteiger partial charge in [-0.1, -0.05) is 12.1 Å². The second-order valence-corrected chi connectivity index (χ2v) is 6.32. The number of amides is 1. The van der Waals surface area contributed by atoms with Crippen LogP contribution in [0.25, 0.3) is 0 Å². The third kappa shape index (κ3) is 7.96. The first-order valence-electron chi connectivity index (χ1n) is 7.64. The van der Waals surface area contributed by atoms with Crippen LogP contribution in [0.4, 0.5) is 4.79 Å². The lowest BCUT2D eigenvalue weighted by atomic mass is 10.0. The van der Waals surface area contributed by atoms with Crippen LogP contribution >= 0.6 is 0 Å². The van der Waals surface area contributed by atoms with Gasteiger partial charge in [0.15, 0.2) is 5.78 Å². The van der Waals surface area contributed by atoms with Crippen LogP contribution in [0, 0.1) is 0 Å². The smallest absolute Gasteiger partial charge is 0.408 e. The summed E-state index contributed by atoms with van der Waals surface area (Å²) < 4.78 is 10.1. The van der Waals surface area contributed by atoms with Crippen LogP contribution in [0.2, 0.25) is 0 Å². The molecule has 0 unspecified atom stereocenters. The van der Waals surface area contributed by atoms with Gasteiger partial charge in [-0.2, -0.15) is 5.10 Å². The van der Waals surface area contributed by atoms with Gasteiger partial charge in [0.05, 0.1) is 6.21 Å². The summed E-state index contributed by atoms with van der Waals surface area (Å²) in [5.41, 5.74) is 0.0569. The maximum absolute atomic E-state index is 12.1. The van der Waals surface area contributed by atoms with Gasteiger partial charge in [0.2, 0.25) is 0 Å². The van der Waals surface area contributed by atoms with Gasteiger partial charge in [-0.15, -0.1) is 0 Å². The van der Waals surface area contributed by atoms with E-state index in [0.29, 0.717) is 5.75 Å². The van der Waals surface area contributed by atoms with Crippen molar-refractivity contribution in [3.63, 3.8) is 0 Å². The van der Waals surface area contributed by atoms with Gasteiger partial charge in [0.1, 0.15) is 17.4 Å². The van der Waals surface area contributed by atoms with Crippen LogP contribution in [0.15, 0.2) is 29.4 Å². The van der Waals surface area contributed by atoms with Crippen molar-refractivity contribution in [2.45, 2.75) is 45.8 Å². The van der Waals surface area contributed by atoms with Gasteiger partial charge in [-0.25, -0.2) is 4.79 Å². The van der Waals surface area contributed by atoms with Gasteiger partial charge in [0.25, 0.3) is 0 Å². The highest BCUT2D eigenvalue weighted by molar-refractivity contribution is 6.30. The Balaban J connectivity index is 2.84. The number of esters is 1. The number of hydrazone groups is 1. The second-order valence-electron chi connectivity index (χ2n) is 6.32. The Kier molecular flexibility index (Phi) is 7.10. The lowest BCUT2D eigenvalue weighted by Crippen LogP contribution is -2.45. The van der Waals surface area contributed by atoms with E-state index >= 15 is 0 Å². The van der Waals surface area contributed by atoms with E-state index in [1.54, 1.807) is 45.0 Å². The maximum atomic E-state index is 12.1. The fraction of sp³-hybridized carbons (Fsp3) is 0.412. The molecule has 0 aliphatic carbocycles. The predicted molar refractivity (Wildman–Crippen MR) is 92.3 cm³/mol. The average molecular weight is 349 g/mol. The molecule has 0 saturated heterocycles. The lowest BCUT2D eigenvalue weighted by molar-refractivity contribution is -0.131. The number of nitrogens with two attached hydrogens (primary N) is 1. The highest BCUT2D eigenvalue weighted by Gasteiger charge is 2.23. The molecule has 1 rings (SSSR count). The number of rotatable bonds is 6. The number of carbonyl (C=O) groups is 3. The Morgan fingerprint density at radius 3 is 2.32 bits per heavy atom. The van der Waals surface area contributed by atoms with E-state index < -0.39 is 29.5 Å². The molecule has 1 atom stereocenters. The monoisotopic (exact) mass is 349 g/mol. The normalized spacial score (nSPS) is 12.5. The quantitative estimate of drug-likeness (QED) is 0.264. The molecule has 0 bridgehead atoms. The molecule has 0 aliphatic heterocycles. The van der Waals surface area contributed by atoms with E-state index in [2.05, 4.69) is 10.4 Å². The third-order valence-corrected chi connectivity index (χ3v) is 2.86. The number of nitrogens with zero attached hydrogens (tertiary/aromatic N) is 1. The molecule has 0 saturated carbocycles. The number of ketones is 1. The minimum absolute atomic E-state index is 0.199. The molecule has 1 amide bonds. The van der Waals surface area contributed by atoms with Crippen molar-refractivity contribution in [1.29, 1.82) is 0 Å². The summed E-state index contributed by atoms with van der Waals surface area (Å²) in [6, 6.07) is 5.69. The largest absolute Gasteiger partial charge is 0.444 e. The van der Waals surface area contributed by atoms with Crippen molar-refractivity contribution >= 4 is 24.1 Å². The standard InChI is InChI=1S/C17H23N3O5/c1-11(21)24-13-7-5-12(6-8-13)9-14(15(22)10-19-18)20-16(23)25-17(2,3)4/h5-8,10,14H,9,18H2,1-4H3,(H,20,23)/t14-/m0/s1. The van der Waals surface area contributed by atoms with Crippen molar-refractivity contribution in [3.8, 4) is 5.75 Å². The fourth-order valence-electron chi connectivity index (χ4n) is 1.93. The molecule has 136 valence electrons. The van der Waals surface area contributed by atoms with Crippen molar-refractivity contribution in [2.75, 3.05) is 0 Å². The fourth-order valence-corrected chi connectivity index (χ4v) is 1.93. The third-order valence-electron chi connectivity index (χ3n) is 2.86. The zero-order valence-electron chi connectivity index (χ0n) is 14.7. The van der Waals surface area contributed by atoms with E-state index in [1.807, 2.05) is 0 Å². The zero-order chi connectivity index (χ0) is 19.0. The van der Waals surface area contributed by atoms with E-state index in [-0.39, 0.29) is 6.42 Å². The highest BCUT2D eigenvalue weighted by atomic mass is 16.6. The molecule has 8 heteroatoms. The van der Waals surface area contributed by atoms with Crippen LogP contribution in [-0.4, -0.2) is 35.7 Å². The van der Waals surface area contributed by atoms with Gasteiger partial charge in [0, 0.05) is 13.3 Å².